The van der Waals surface area contributed by atoms with E-state index in [-0.39, 0.29) is 5.92 Å². The van der Waals surface area contributed by atoms with Crippen LogP contribution < -0.4 is 0 Å². The Kier molecular flexibility index (Phi) is 1.69. The Hall–Kier alpha value is -0.560. The standard InChI is InChI=1S/C9H14O/c1-7-4-5-8(2)9(3,10)6-7/h4-6,8,10H,1-3H3. The molecule has 0 saturated carbocycles. The predicted molar refractivity (Wildman–Crippen MR) is 42.7 cm³/mol. The first-order valence-electron chi connectivity index (χ1n) is 3.62. The molecule has 0 aromatic heterocycles. The summed E-state index contributed by atoms with van der Waals surface area (Å²) >= 11 is 0. The van der Waals surface area contributed by atoms with Crippen LogP contribution in [-0.2, 0) is 0 Å². The molecule has 0 heterocycles. The maximum absolute atomic E-state index is 9.69. The lowest BCUT2D eigenvalue weighted by Gasteiger charge is -2.28. The first-order valence-corrected chi connectivity index (χ1v) is 3.62. The molecule has 10 heavy (non-hydrogen) atoms. The molecular weight excluding hydrogens is 124 g/mol. The quantitative estimate of drug-likeness (QED) is 0.542. The van der Waals surface area contributed by atoms with E-state index in [0.717, 1.165) is 5.57 Å². The van der Waals surface area contributed by atoms with Gasteiger partial charge in [-0.2, -0.15) is 0 Å². The van der Waals surface area contributed by atoms with Crippen LogP contribution in [0.2, 0.25) is 0 Å². The Labute approximate surface area is 62.1 Å². The first kappa shape index (κ1) is 7.55. The summed E-state index contributed by atoms with van der Waals surface area (Å²) in [6.07, 6.45) is 5.98. The Bertz CT molecular complexity index is 187. The highest BCUT2D eigenvalue weighted by atomic mass is 16.3. The number of aliphatic hydroxyl groups is 1. The normalized spacial score (nSPS) is 39.6. The number of rotatable bonds is 0. The van der Waals surface area contributed by atoms with E-state index in [0.29, 0.717) is 0 Å². The predicted octanol–water partition coefficient (Wildman–Crippen LogP) is 1.89. The number of hydrogen-bond donors (Lipinski definition) is 1. The van der Waals surface area contributed by atoms with Gasteiger partial charge in [0.1, 0.15) is 0 Å². The summed E-state index contributed by atoms with van der Waals surface area (Å²) < 4.78 is 0. The van der Waals surface area contributed by atoms with Gasteiger partial charge in [-0.25, -0.2) is 0 Å². The second-order valence-corrected chi connectivity index (χ2v) is 3.26. The largest absolute Gasteiger partial charge is 0.385 e. The van der Waals surface area contributed by atoms with Crippen molar-refractivity contribution in [3.05, 3.63) is 23.8 Å². The SMILES string of the molecule is CC1=CC(C)(O)C(C)C=C1. The monoisotopic (exact) mass is 138 g/mol. The van der Waals surface area contributed by atoms with Gasteiger partial charge in [0.05, 0.1) is 5.60 Å². The third-order valence-electron chi connectivity index (χ3n) is 2.09. The Morgan fingerprint density at radius 1 is 1.60 bits per heavy atom. The van der Waals surface area contributed by atoms with Crippen LogP contribution >= 0.6 is 0 Å². The summed E-state index contributed by atoms with van der Waals surface area (Å²) in [5.41, 5.74) is 0.502. The molecule has 2 unspecified atom stereocenters. The Balaban J connectivity index is 2.88. The van der Waals surface area contributed by atoms with E-state index >= 15 is 0 Å². The molecule has 1 heteroatoms. The van der Waals surface area contributed by atoms with E-state index in [2.05, 4.69) is 0 Å². The zero-order chi connectivity index (χ0) is 7.78. The lowest BCUT2D eigenvalue weighted by atomic mass is 9.85. The van der Waals surface area contributed by atoms with E-state index < -0.39 is 5.60 Å². The smallest absolute Gasteiger partial charge is 0.0864 e. The van der Waals surface area contributed by atoms with E-state index in [1.54, 1.807) is 0 Å². The molecule has 1 rings (SSSR count). The van der Waals surface area contributed by atoms with Crippen molar-refractivity contribution in [3.63, 3.8) is 0 Å². The van der Waals surface area contributed by atoms with Crippen molar-refractivity contribution in [1.29, 1.82) is 0 Å². The molecule has 0 aliphatic heterocycles. The van der Waals surface area contributed by atoms with Crippen molar-refractivity contribution < 1.29 is 5.11 Å². The van der Waals surface area contributed by atoms with Gasteiger partial charge in [-0.15, -0.1) is 0 Å². The molecular formula is C9H14O. The summed E-state index contributed by atoms with van der Waals surface area (Å²) in [6.45, 7) is 5.85. The van der Waals surface area contributed by atoms with Gasteiger partial charge >= 0.3 is 0 Å². The summed E-state index contributed by atoms with van der Waals surface area (Å²) in [7, 11) is 0. The first-order chi connectivity index (χ1) is 4.52. The topological polar surface area (TPSA) is 20.2 Å². The third-order valence-corrected chi connectivity index (χ3v) is 2.09. The van der Waals surface area contributed by atoms with E-state index in [1.807, 2.05) is 39.0 Å². The van der Waals surface area contributed by atoms with Crippen molar-refractivity contribution >= 4 is 0 Å². The molecule has 2 atom stereocenters. The minimum Gasteiger partial charge on any atom is -0.385 e. The van der Waals surface area contributed by atoms with E-state index in [4.69, 9.17) is 0 Å². The third kappa shape index (κ3) is 1.29. The average molecular weight is 138 g/mol. The van der Waals surface area contributed by atoms with Crippen LogP contribution in [-0.4, -0.2) is 10.7 Å². The van der Waals surface area contributed by atoms with Crippen LogP contribution in [0.3, 0.4) is 0 Å². The van der Waals surface area contributed by atoms with Gasteiger partial charge in [0, 0.05) is 5.92 Å². The van der Waals surface area contributed by atoms with Gasteiger partial charge in [-0.3, -0.25) is 0 Å². The van der Waals surface area contributed by atoms with Crippen molar-refractivity contribution in [1.82, 2.24) is 0 Å². The van der Waals surface area contributed by atoms with E-state index in [1.165, 1.54) is 0 Å². The van der Waals surface area contributed by atoms with Gasteiger partial charge in [0.25, 0.3) is 0 Å². The Morgan fingerprint density at radius 3 is 2.60 bits per heavy atom. The summed E-state index contributed by atoms with van der Waals surface area (Å²) in [4.78, 5) is 0. The fourth-order valence-corrected chi connectivity index (χ4v) is 1.13. The van der Waals surface area contributed by atoms with E-state index in [9.17, 15) is 5.11 Å². The average Bonchev–Trinajstić information content (AvgIpc) is 1.78. The zero-order valence-corrected chi connectivity index (χ0v) is 6.76. The second kappa shape index (κ2) is 2.24. The lowest BCUT2D eigenvalue weighted by molar-refractivity contribution is 0.0721. The molecule has 1 N–H and O–H groups in total. The molecule has 0 bridgehead atoms. The van der Waals surface area contributed by atoms with Gasteiger partial charge in [-0.1, -0.05) is 24.6 Å². The maximum Gasteiger partial charge on any atom is 0.0864 e. The molecule has 0 radical (unpaired) electrons. The molecule has 0 amide bonds. The van der Waals surface area contributed by atoms with Crippen molar-refractivity contribution in [2.75, 3.05) is 0 Å². The minimum absolute atomic E-state index is 0.233. The lowest BCUT2D eigenvalue weighted by Crippen LogP contribution is -2.30. The van der Waals surface area contributed by atoms with Gasteiger partial charge in [0.2, 0.25) is 0 Å². The molecule has 0 fully saturated rings. The molecule has 0 aromatic carbocycles. The van der Waals surface area contributed by atoms with Crippen molar-refractivity contribution in [2.24, 2.45) is 5.92 Å². The molecule has 0 saturated heterocycles. The highest BCUT2D eigenvalue weighted by molar-refractivity contribution is 5.27. The minimum atomic E-state index is -0.640. The van der Waals surface area contributed by atoms with Crippen LogP contribution in [0.15, 0.2) is 23.8 Å². The highest BCUT2D eigenvalue weighted by Gasteiger charge is 2.25. The molecule has 1 aliphatic rings. The number of allylic oxidation sites excluding steroid dienone is 2. The maximum atomic E-state index is 9.69. The summed E-state index contributed by atoms with van der Waals surface area (Å²) in [5, 5.41) is 9.69. The van der Waals surface area contributed by atoms with Crippen LogP contribution in [0.4, 0.5) is 0 Å². The van der Waals surface area contributed by atoms with Gasteiger partial charge in [-0.05, 0) is 19.9 Å². The summed E-state index contributed by atoms with van der Waals surface area (Å²) in [5.74, 6) is 0.233. The fourth-order valence-electron chi connectivity index (χ4n) is 1.13. The van der Waals surface area contributed by atoms with Gasteiger partial charge in [0.15, 0.2) is 0 Å². The second-order valence-electron chi connectivity index (χ2n) is 3.26. The molecule has 56 valence electrons. The van der Waals surface area contributed by atoms with Crippen molar-refractivity contribution in [2.45, 2.75) is 26.4 Å². The molecule has 1 nitrogen and oxygen atoms in total. The highest BCUT2D eigenvalue weighted by Crippen LogP contribution is 2.25. The van der Waals surface area contributed by atoms with Crippen LogP contribution in [0.5, 0.6) is 0 Å². The van der Waals surface area contributed by atoms with Crippen molar-refractivity contribution in [3.8, 4) is 0 Å². The zero-order valence-electron chi connectivity index (χ0n) is 6.76. The molecule has 0 aromatic rings. The van der Waals surface area contributed by atoms with Gasteiger partial charge < -0.3 is 5.11 Å². The number of hydrogen-bond acceptors (Lipinski definition) is 1. The fraction of sp³-hybridized carbons (Fsp3) is 0.556. The Morgan fingerprint density at radius 2 is 2.20 bits per heavy atom. The van der Waals surface area contributed by atoms with Crippen LogP contribution in [0, 0.1) is 5.92 Å². The summed E-state index contributed by atoms with van der Waals surface area (Å²) in [6, 6.07) is 0. The molecule has 0 spiro atoms. The molecule has 1 aliphatic carbocycles. The van der Waals surface area contributed by atoms with Crippen LogP contribution in [0.1, 0.15) is 20.8 Å². The van der Waals surface area contributed by atoms with Crippen LogP contribution in [0.25, 0.3) is 0 Å².